The highest BCUT2D eigenvalue weighted by Crippen LogP contribution is 2.33. The molecular weight excluding hydrogens is 393 g/mol. The third-order valence-corrected chi connectivity index (χ3v) is 7.14. The highest BCUT2D eigenvalue weighted by Gasteiger charge is 2.38. The van der Waals surface area contributed by atoms with Crippen molar-refractivity contribution in [3.05, 3.63) is 23.6 Å². The number of halogens is 1. The lowest BCUT2D eigenvalue weighted by molar-refractivity contribution is 0.00504. The van der Waals surface area contributed by atoms with Crippen molar-refractivity contribution in [1.82, 2.24) is 9.71 Å². The molecule has 0 radical (unpaired) electrons. The maximum atomic E-state index is 14.7. The van der Waals surface area contributed by atoms with Crippen LogP contribution in [0.25, 0.3) is 0 Å². The number of nitrogens with zero attached hydrogens (tertiary/aromatic N) is 2. The molecule has 1 saturated heterocycles. The van der Waals surface area contributed by atoms with Crippen LogP contribution in [0.5, 0.6) is 0 Å². The molecule has 1 aromatic rings. The Morgan fingerprint density at radius 3 is 2.59 bits per heavy atom. The first-order valence-electron chi connectivity index (χ1n) is 10.6. The van der Waals surface area contributed by atoms with E-state index in [1.807, 2.05) is 4.90 Å². The van der Waals surface area contributed by atoms with Crippen LogP contribution in [0.1, 0.15) is 51.5 Å². The van der Waals surface area contributed by atoms with Crippen LogP contribution in [0.2, 0.25) is 0 Å². The number of nitrogens with one attached hydrogen (secondary N) is 1. The van der Waals surface area contributed by atoms with Crippen molar-refractivity contribution in [2.45, 2.75) is 71.1 Å². The Morgan fingerprint density at radius 2 is 1.97 bits per heavy atom. The Balaban J connectivity index is 1.71. The van der Waals surface area contributed by atoms with E-state index in [1.165, 1.54) is 0 Å². The van der Waals surface area contributed by atoms with Gasteiger partial charge in [0.05, 0.1) is 25.0 Å². The highest BCUT2D eigenvalue weighted by molar-refractivity contribution is 7.88. The first-order valence-corrected chi connectivity index (χ1v) is 12.5. The molecule has 2 atom stereocenters. The van der Waals surface area contributed by atoms with Crippen molar-refractivity contribution >= 4 is 15.8 Å². The van der Waals surface area contributed by atoms with E-state index in [-0.39, 0.29) is 29.8 Å². The summed E-state index contributed by atoms with van der Waals surface area (Å²) in [7, 11) is -3.37. The smallest absolute Gasteiger partial charge is 0.209 e. The van der Waals surface area contributed by atoms with Crippen LogP contribution < -0.4 is 9.62 Å². The molecular formula is C21H34FN3O3S. The molecule has 29 heavy (non-hydrogen) atoms. The molecule has 0 amide bonds. The van der Waals surface area contributed by atoms with Gasteiger partial charge in [-0.1, -0.05) is 13.8 Å². The quantitative estimate of drug-likeness (QED) is 0.723. The molecule has 2 fully saturated rings. The van der Waals surface area contributed by atoms with E-state index in [4.69, 9.17) is 4.74 Å². The zero-order valence-corrected chi connectivity index (χ0v) is 18.7. The average molecular weight is 428 g/mol. The maximum absolute atomic E-state index is 14.7. The van der Waals surface area contributed by atoms with Crippen molar-refractivity contribution in [2.24, 2.45) is 11.8 Å². The second-order valence-electron chi connectivity index (χ2n) is 8.93. The minimum atomic E-state index is -3.37. The summed E-state index contributed by atoms with van der Waals surface area (Å²) in [4.78, 5) is 6.11. The SMILES string of the molecule is Cc1ccnc(N2CC[C@H](NS(C)(=O)=O)[C@@H]2COC2CCC(C(C)C)CC2)c1F. The van der Waals surface area contributed by atoms with Gasteiger partial charge in [0.25, 0.3) is 0 Å². The van der Waals surface area contributed by atoms with Crippen LogP contribution in [-0.4, -0.2) is 51.0 Å². The molecule has 1 aliphatic carbocycles. The summed E-state index contributed by atoms with van der Waals surface area (Å²) in [6, 6.07) is 1.04. The molecule has 6 nitrogen and oxygen atoms in total. The molecule has 2 heterocycles. The average Bonchev–Trinajstić information content (AvgIpc) is 3.03. The molecule has 1 aliphatic heterocycles. The summed E-state index contributed by atoms with van der Waals surface area (Å²) in [5.74, 6) is 1.37. The largest absolute Gasteiger partial charge is 0.376 e. The first kappa shape index (κ1) is 22.4. The van der Waals surface area contributed by atoms with E-state index in [0.29, 0.717) is 31.1 Å². The van der Waals surface area contributed by atoms with Crippen LogP contribution in [0.3, 0.4) is 0 Å². The maximum Gasteiger partial charge on any atom is 0.209 e. The van der Waals surface area contributed by atoms with Crippen molar-refractivity contribution in [2.75, 3.05) is 24.3 Å². The van der Waals surface area contributed by atoms with Crippen molar-refractivity contribution < 1.29 is 17.5 Å². The summed E-state index contributed by atoms with van der Waals surface area (Å²) in [5.41, 5.74) is 0.529. The van der Waals surface area contributed by atoms with Gasteiger partial charge >= 0.3 is 0 Å². The second-order valence-corrected chi connectivity index (χ2v) is 10.7. The minimum absolute atomic E-state index is 0.182. The van der Waals surface area contributed by atoms with Gasteiger partial charge in [-0.3, -0.25) is 0 Å². The summed E-state index contributed by atoms with van der Waals surface area (Å²) >= 11 is 0. The Labute approximate surface area is 174 Å². The minimum Gasteiger partial charge on any atom is -0.376 e. The van der Waals surface area contributed by atoms with Crippen LogP contribution >= 0.6 is 0 Å². The van der Waals surface area contributed by atoms with E-state index in [0.717, 1.165) is 37.9 Å². The van der Waals surface area contributed by atoms with Gasteiger partial charge in [-0.05, 0) is 62.5 Å². The monoisotopic (exact) mass is 427 g/mol. The molecule has 1 aromatic heterocycles. The molecule has 0 bridgehead atoms. The van der Waals surface area contributed by atoms with Gasteiger partial charge in [-0.2, -0.15) is 0 Å². The standard InChI is InChI=1S/C21H34FN3O3S/c1-14(2)16-5-7-17(8-6-16)28-13-19-18(24-29(4,26)27)10-12-25(19)21-20(22)15(3)9-11-23-21/h9,11,14,16-19,24H,5-8,10,12-13H2,1-4H3/t16?,17?,18-,19-/m0/s1. The van der Waals surface area contributed by atoms with E-state index >= 15 is 0 Å². The lowest BCUT2D eigenvalue weighted by Gasteiger charge is -2.34. The molecule has 1 saturated carbocycles. The number of pyridine rings is 1. The summed E-state index contributed by atoms with van der Waals surface area (Å²) in [6.45, 7) is 7.15. The molecule has 0 spiro atoms. The van der Waals surface area contributed by atoms with E-state index in [9.17, 15) is 12.8 Å². The van der Waals surface area contributed by atoms with Gasteiger partial charge in [-0.15, -0.1) is 0 Å². The van der Waals surface area contributed by atoms with Crippen LogP contribution in [0.15, 0.2) is 12.3 Å². The third kappa shape index (κ3) is 5.67. The first-order chi connectivity index (χ1) is 13.7. The van der Waals surface area contributed by atoms with E-state index < -0.39 is 10.0 Å². The Morgan fingerprint density at radius 1 is 1.28 bits per heavy atom. The van der Waals surface area contributed by atoms with E-state index in [2.05, 4.69) is 23.6 Å². The highest BCUT2D eigenvalue weighted by atomic mass is 32.2. The fourth-order valence-corrected chi connectivity index (χ4v) is 5.44. The summed E-state index contributed by atoms with van der Waals surface area (Å²) in [6.07, 6.45) is 7.90. The number of hydrogen-bond donors (Lipinski definition) is 1. The Hall–Kier alpha value is -1.25. The zero-order valence-electron chi connectivity index (χ0n) is 17.9. The van der Waals surface area contributed by atoms with Crippen molar-refractivity contribution in [3.63, 3.8) is 0 Å². The predicted molar refractivity (Wildman–Crippen MR) is 113 cm³/mol. The van der Waals surface area contributed by atoms with Crippen LogP contribution in [-0.2, 0) is 14.8 Å². The molecule has 164 valence electrons. The zero-order chi connectivity index (χ0) is 21.2. The molecule has 2 aliphatic rings. The van der Waals surface area contributed by atoms with Crippen molar-refractivity contribution in [3.8, 4) is 0 Å². The topological polar surface area (TPSA) is 71.5 Å². The normalized spacial score (nSPS) is 28.3. The van der Waals surface area contributed by atoms with Gasteiger partial charge in [0.1, 0.15) is 0 Å². The fraction of sp³-hybridized carbons (Fsp3) is 0.762. The molecule has 3 rings (SSSR count). The Bertz CT molecular complexity index is 794. The van der Waals surface area contributed by atoms with Gasteiger partial charge < -0.3 is 9.64 Å². The van der Waals surface area contributed by atoms with Gasteiger partial charge in [0, 0.05) is 18.8 Å². The van der Waals surface area contributed by atoms with Gasteiger partial charge in [0.15, 0.2) is 11.6 Å². The number of sulfonamides is 1. The number of ether oxygens (including phenoxy) is 1. The van der Waals surface area contributed by atoms with Crippen molar-refractivity contribution in [1.29, 1.82) is 0 Å². The number of rotatable bonds is 7. The molecule has 0 unspecified atom stereocenters. The van der Waals surface area contributed by atoms with Crippen LogP contribution in [0, 0.1) is 24.6 Å². The predicted octanol–water partition coefficient (Wildman–Crippen LogP) is 3.26. The number of hydrogen-bond acceptors (Lipinski definition) is 5. The summed E-state index contributed by atoms with van der Waals surface area (Å²) in [5, 5.41) is 0. The van der Waals surface area contributed by atoms with Crippen LogP contribution in [0.4, 0.5) is 10.2 Å². The fourth-order valence-electron chi connectivity index (χ4n) is 4.62. The Kier molecular flexibility index (Phi) is 7.17. The number of anilines is 1. The third-order valence-electron chi connectivity index (χ3n) is 6.41. The summed E-state index contributed by atoms with van der Waals surface area (Å²) < 4.78 is 47.4. The number of aromatic nitrogens is 1. The van der Waals surface area contributed by atoms with Gasteiger partial charge in [-0.25, -0.2) is 22.5 Å². The van der Waals surface area contributed by atoms with Gasteiger partial charge in [0.2, 0.25) is 10.0 Å². The molecule has 8 heteroatoms. The lowest BCUT2D eigenvalue weighted by atomic mass is 9.80. The van der Waals surface area contributed by atoms with E-state index in [1.54, 1.807) is 19.2 Å². The molecule has 0 aromatic carbocycles. The second kappa shape index (κ2) is 9.27. The lowest BCUT2D eigenvalue weighted by Crippen LogP contribution is -2.48. The molecule has 1 N–H and O–H groups in total. The number of aryl methyl sites for hydroxylation is 1.